The number of halogens is 1. The molecule has 104 valence electrons. The molecule has 1 amide bonds. The normalized spacial score (nSPS) is 20.9. The fourth-order valence-electron chi connectivity index (χ4n) is 2.22. The topological polar surface area (TPSA) is 38.3 Å². The molecular formula is C15H20ClNO2. The van der Waals surface area contributed by atoms with Gasteiger partial charge < -0.3 is 10.1 Å². The third-order valence-electron chi connectivity index (χ3n) is 3.78. The Morgan fingerprint density at radius 2 is 2.26 bits per heavy atom. The molecule has 0 spiro atoms. The van der Waals surface area contributed by atoms with Crippen LogP contribution in [-0.2, 0) is 4.79 Å². The Bertz CT molecular complexity index is 457. The number of hydrogen-bond donors (Lipinski definition) is 1. The van der Waals surface area contributed by atoms with Crippen molar-refractivity contribution < 1.29 is 9.53 Å². The molecule has 1 aliphatic heterocycles. The molecule has 1 aliphatic rings. The number of hydrogen-bond acceptors (Lipinski definition) is 2. The molecule has 0 radical (unpaired) electrons. The van der Waals surface area contributed by atoms with E-state index in [4.69, 9.17) is 16.3 Å². The summed E-state index contributed by atoms with van der Waals surface area (Å²) in [6.45, 7) is 4.59. The highest BCUT2D eigenvalue weighted by Crippen LogP contribution is 2.33. The van der Waals surface area contributed by atoms with E-state index in [9.17, 15) is 4.79 Å². The summed E-state index contributed by atoms with van der Waals surface area (Å²) in [6, 6.07) is 7.74. The molecule has 1 heterocycles. The molecule has 4 heteroatoms. The van der Waals surface area contributed by atoms with E-state index in [1.54, 1.807) is 0 Å². The summed E-state index contributed by atoms with van der Waals surface area (Å²) < 4.78 is 5.58. The van der Waals surface area contributed by atoms with Gasteiger partial charge in [-0.05, 0) is 25.8 Å². The van der Waals surface area contributed by atoms with Crippen molar-refractivity contribution in [1.82, 2.24) is 5.32 Å². The number of rotatable bonds is 4. The predicted octanol–water partition coefficient (Wildman–Crippen LogP) is 3.08. The second-order valence-electron chi connectivity index (χ2n) is 5.26. The molecule has 3 nitrogen and oxygen atoms in total. The minimum atomic E-state index is -0.341. The lowest BCUT2D eigenvalue weighted by Gasteiger charge is -2.31. The van der Waals surface area contributed by atoms with Crippen molar-refractivity contribution in [3.63, 3.8) is 0 Å². The number of fused-ring (bicyclic) bond motifs is 1. The number of amides is 1. The van der Waals surface area contributed by atoms with Gasteiger partial charge in [0.1, 0.15) is 5.75 Å². The molecule has 0 fully saturated rings. The van der Waals surface area contributed by atoms with Gasteiger partial charge in [0.15, 0.2) is 0 Å². The van der Waals surface area contributed by atoms with Crippen molar-refractivity contribution in [3.8, 4) is 5.75 Å². The summed E-state index contributed by atoms with van der Waals surface area (Å²) in [4.78, 5) is 12.5. The Labute approximate surface area is 119 Å². The van der Waals surface area contributed by atoms with E-state index in [0.717, 1.165) is 17.7 Å². The van der Waals surface area contributed by atoms with E-state index < -0.39 is 0 Å². The molecule has 0 aliphatic carbocycles. The summed E-state index contributed by atoms with van der Waals surface area (Å²) in [5.41, 5.74) is 0.630. The maximum atomic E-state index is 12.5. The highest BCUT2D eigenvalue weighted by atomic mass is 35.5. The smallest absolute Gasteiger partial charge is 0.228 e. The number of nitrogens with one attached hydrogen (secondary N) is 1. The van der Waals surface area contributed by atoms with Crippen LogP contribution in [0.3, 0.4) is 0 Å². The lowest BCUT2D eigenvalue weighted by molar-refractivity contribution is -0.124. The Kier molecular flexibility index (Phi) is 4.35. The average molecular weight is 282 g/mol. The highest BCUT2D eigenvalue weighted by Gasteiger charge is 2.31. The monoisotopic (exact) mass is 281 g/mol. The quantitative estimate of drug-likeness (QED) is 0.862. The third-order valence-corrected chi connectivity index (χ3v) is 4.37. The van der Waals surface area contributed by atoms with Gasteiger partial charge in [-0.25, -0.2) is 0 Å². The Morgan fingerprint density at radius 1 is 1.53 bits per heavy atom. The lowest BCUT2D eigenvalue weighted by atomic mass is 9.90. The summed E-state index contributed by atoms with van der Waals surface area (Å²) in [7, 11) is 0. The van der Waals surface area contributed by atoms with Crippen molar-refractivity contribution in [2.45, 2.75) is 38.1 Å². The maximum Gasteiger partial charge on any atom is 0.228 e. The number of ether oxygens (including phenoxy) is 1. The van der Waals surface area contributed by atoms with E-state index in [1.807, 2.05) is 38.1 Å². The third kappa shape index (κ3) is 3.03. The van der Waals surface area contributed by atoms with Gasteiger partial charge in [0, 0.05) is 11.4 Å². The number of carbonyl (C=O) groups excluding carboxylic acids is 1. The van der Waals surface area contributed by atoms with E-state index >= 15 is 0 Å². The van der Waals surface area contributed by atoms with E-state index in [-0.39, 0.29) is 17.4 Å². The number of benzene rings is 1. The van der Waals surface area contributed by atoms with Crippen LogP contribution in [0.2, 0.25) is 0 Å². The minimum Gasteiger partial charge on any atom is -0.493 e. The minimum absolute atomic E-state index is 0.0424. The van der Waals surface area contributed by atoms with Crippen LogP contribution < -0.4 is 10.1 Å². The van der Waals surface area contributed by atoms with Crippen LogP contribution in [0.1, 0.15) is 38.2 Å². The Hall–Kier alpha value is -1.22. The average Bonchev–Trinajstić information content (AvgIpc) is 2.46. The summed E-state index contributed by atoms with van der Waals surface area (Å²) in [5, 5.41) is 3.08. The summed E-state index contributed by atoms with van der Waals surface area (Å²) >= 11 is 5.95. The SMILES string of the molecule is CCC(C)(CCl)NC(=O)C1CCOc2ccccc21. The number of para-hydroxylation sites is 1. The molecule has 0 bridgehead atoms. The molecule has 2 unspecified atom stereocenters. The molecule has 0 saturated carbocycles. The second-order valence-corrected chi connectivity index (χ2v) is 5.53. The van der Waals surface area contributed by atoms with Gasteiger partial charge in [-0.15, -0.1) is 11.6 Å². The van der Waals surface area contributed by atoms with Gasteiger partial charge in [0.25, 0.3) is 0 Å². The van der Waals surface area contributed by atoms with E-state index in [0.29, 0.717) is 18.9 Å². The first-order chi connectivity index (χ1) is 9.09. The maximum absolute atomic E-state index is 12.5. The van der Waals surface area contributed by atoms with Crippen molar-refractivity contribution in [2.75, 3.05) is 12.5 Å². The molecule has 1 aromatic rings. The van der Waals surface area contributed by atoms with Crippen LogP contribution in [0.4, 0.5) is 0 Å². The van der Waals surface area contributed by atoms with Crippen molar-refractivity contribution in [2.24, 2.45) is 0 Å². The fourth-order valence-corrected chi connectivity index (χ4v) is 2.47. The zero-order valence-corrected chi connectivity index (χ0v) is 12.2. The zero-order chi connectivity index (χ0) is 13.9. The first-order valence-corrected chi connectivity index (χ1v) is 7.23. The summed E-state index contributed by atoms with van der Waals surface area (Å²) in [5.74, 6) is 1.14. The first kappa shape index (κ1) is 14.2. The van der Waals surface area contributed by atoms with Gasteiger partial charge >= 0.3 is 0 Å². The number of alkyl halides is 1. The number of carbonyl (C=O) groups is 1. The van der Waals surface area contributed by atoms with Crippen molar-refractivity contribution in [3.05, 3.63) is 29.8 Å². The Balaban J connectivity index is 2.17. The van der Waals surface area contributed by atoms with Crippen LogP contribution in [0.5, 0.6) is 5.75 Å². The molecule has 0 saturated heterocycles. The van der Waals surface area contributed by atoms with Gasteiger partial charge in [-0.3, -0.25) is 4.79 Å². The zero-order valence-electron chi connectivity index (χ0n) is 11.4. The predicted molar refractivity (Wildman–Crippen MR) is 76.9 cm³/mol. The van der Waals surface area contributed by atoms with Gasteiger partial charge in [0.2, 0.25) is 5.91 Å². The largest absolute Gasteiger partial charge is 0.493 e. The van der Waals surface area contributed by atoms with Crippen LogP contribution in [0.15, 0.2) is 24.3 Å². The van der Waals surface area contributed by atoms with E-state index in [2.05, 4.69) is 5.32 Å². The van der Waals surface area contributed by atoms with Crippen molar-refractivity contribution in [1.29, 1.82) is 0 Å². The van der Waals surface area contributed by atoms with Crippen LogP contribution in [0, 0.1) is 0 Å². The highest BCUT2D eigenvalue weighted by molar-refractivity contribution is 6.18. The van der Waals surface area contributed by atoms with Gasteiger partial charge in [-0.1, -0.05) is 25.1 Å². The van der Waals surface area contributed by atoms with Gasteiger partial charge in [0.05, 0.1) is 18.1 Å². The lowest BCUT2D eigenvalue weighted by Crippen LogP contribution is -2.49. The molecule has 2 atom stereocenters. The second kappa shape index (κ2) is 5.83. The molecule has 1 aromatic carbocycles. The molecule has 1 N–H and O–H groups in total. The van der Waals surface area contributed by atoms with Crippen LogP contribution >= 0.6 is 11.6 Å². The van der Waals surface area contributed by atoms with Crippen LogP contribution in [-0.4, -0.2) is 23.9 Å². The van der Waals surface area contributed by atoms with Crippen LogP contribution in [0.25, 0.3) is 0 Å². The molecular weight excluding hydrogens is 262 g/mol. The fraction of sp³-hybridized carbons (Fsp3) is 0.533. The molecule has 0 aromatic heterocycles. The standard InChI is InChI=1S/C15H20ClNO2/c1-3-15(2,10-16)17-14(18)12-8-9-19-13-7-5-4-6-11(12)13/h4-7,12H,3,8-10H2,1-2H3,(H,17,18). The molecule has 19 heavy (non-hydrogen) atoms. The first-order valence-electron chi connectivity index (χ1n) is 6.69. The van der Waals surface area contributed by atoms with E-state index in [1.165, 1.54) is 0 Å². The Morgan fingerprint density at radius 3 is 2.95 bits per heavy atom. The summed E-state index contributed by atoms with van der Waals surface area (Å²) in [6.07, 6.45) is 1.53. The van der Waals surface area contributed by atoms with Gasteiger partial charge in [-0.2, -0.15) is 0 Å². The van der Waals surface area contributed by atoms with Crippen molar-refractivity contribution >= 4 is 17.5 Å². The molecule has 2 rings (SSSR count).